The molecule has 56 valence electrons. The van der Waals surface area contributed by atoms with Crippen LogP contribution in [0.3, 0.4) is 0 Å². The van der Waals surface area contributed by atoms with Gasteiger partial charge in [0.15, 0.2) is 0 Å². The zero-order valence-electron chi connectivity index (χ0n) is 5.68. The molecule has 0 rings (SSSR count). The van der Waals surface area contributed by atoms with Gasteiger partial charge in [-0.2, -0.15) is 0 Å². The van der Waals surface area contributed by atoms with Crippen LogP contribution < -0.4 is 0 Å². The van der Waals surface area contributed by atoms with Gasteiger partial charge < -0.3 is 4.74 Å². The fraction of sp³-hybridized carbons (Fsp3) is 0.333. The number of methoxy groups -OCH3 is 1. The molecular formula is C6H7ClO3. The molecule has 0 aliphatic rings. The molecule has 0 saturated heterocycles. The Morgan fingerprint density at radius 3 is 2.30 bits per heavy atom. The van der Waals surface area contributed by atoms with Gasteiger partial charge in [0.1, 0.15) is 0 Å². The molecule has 3 nitrogen and oxygen atoms in total. The Hall–Kier alpha value is -0.830. The van der Waals surface area contributed by atoms with Crippen LogP contribution in [0.1, 0.15) is 6.92 Å². The maximum absolute atomic E-state index is 10.4. The summed E-state index contributed by atoms with van der Waals surface area (Å²) in [7, 11) is 1.23. The number of carbonyl (C=O) groups is 2. The van der Waals surface area contributed by atoms with Gasteiger partial charge in [-0.05, 0) is 18.5 Å². The molecular weight excluding hydrogens is 156 g/mol. The first-order valence-electron chi connectivity index (χ1n) is 2.54. The lowest BCUT2D eigenvalue weighted by Gasteiger charge is -1.91. The summed E-state index contributed by atoms with van der Waals surface area (Å²) < 4.78 is 4.24. The summed E-state index contributed by atoms with van der Waals surface area (Å²) in [4.78, 5) is 20.7. The van der Waals surface area contributed by atoms with Gasteiger partial charge in [-0.25, -0.2) is 4.79 Å². The molecule has 0 heterocycles. The highest BCUT2D eigenvalue weighted by atomic mass is 35.5. The summed E-state index contributed by atoms with van der Waals surface area (Å²) in [5.74, 6) is -0.577. The molecule has 0 fully saturated rings. The van der Waals surface area contributed by atoms with Crippen LogP contribution in [0.15, 0.2) is 11.6 Å². The molecule has 0 aromatic rings. The monoisotopic (exact) mass is 162 g/mol. The van der Waals surface area contributed by atoms with E-state index < -0.39 is 11.2 Å². The van der Waals surface area contributed by atoms with Crippen LogP contribution in [-0.2, 0) is 14.3 Å². The van der Waals surface area contributed by atoms with Gasteiger partial charge in [0.25, 0.3) is 0 Å². The van der Waals surface area contributed by atoms with Gasteiger partial charge in [0, 0.05) is 11.6 Å². The molecule has 4 heteroatoms. The summed E-state index contributed by atoms with van der Waals surface area (Å²) >= 11 is 5.01. The van der Waals surface area contributed by atoms with E-state index in [0.29, 0.717) is 0 Å². The molecule has 0 atom stereocenters. The van der Waals surface area contributed by atoms with E-state index in [0.717, 1.165) is 6.08 Å². The lowest BCUT2D eigenvalue weighted by molar-refractivity contribution is -0.135. The van der Waals surface area contributed by atoms with Crippen LogP contribution in [0.4, 0.5) is 0 Å². The van der Waals surface area contributed by atoms with Crippen molar-refractivity contribution in [1.82, 2.24) is 0 Å². The van der Waals surface area contributed by atoms with Crippen molar-refractivity contribution in [2.24, 2.45) is 0 Å². The molecule has 0 bridgehead atoms. The van der Waals surface area contributed by atoms with Crippen LogP contribution >= 0.6 is 11.6 Å². The summed E-state index contributed by atoms with van der Waals surface area (Å²) in [5.41, 5.74) is 0.175. The summed E-state index contributed by atoms with van der Waals surface area (Å²) in [5, 5.41) is -0.648. The Labute approximate surface area is 63.6 Å². The highest BCUT2D eigenvalue weighted by Gasteiger charge is 2.01. The molecule has 10 heavy (non-hydrogen) atoms. The Bertz CT molecular complexity index is 183. The van der Waals surface area contributed by atoms with Gasteiger partial charge in [0.2, 0.25) is 5.24 Å². The SMILES string of the molecule is COC(=O)C=C(C)C(=O)Cl. The van der Waals surface area contributed by atoms with E-state index in [4.69, 9.17) is 11.6 Å². The average molecular weight is 163 g/mol. The van der Waals surface area contributed by atoms with Gasteiger partial charge in [-0.1, -0.05) is 0 Å². The lowest BCUT2D eigenvalue weighted by Crippen LogP contribution is -1.98. The van der Waals surface area contributed by atoms with Crippen molar-refractivity contribution in [2.45, 2.75) is 6.92 Å². The molecule has 0 radical (unpaired) electrons. The summed E-state index contributed by atoms with van der Waals surface area (Å²) in [6.07, 6.45) is 1.04. The maximum atomic E-state index is 10.4. The van der Waals surface area contributed by atoms with Crippen molar-refractivity contribution in [3.8, 4) is 0 Å². The predicted octanol–water partition coefficient (Wildman–Crippen LogP) is 0.871. The second-order valence-corrected chi connectivity index (χ2v) is 1.97. The number of esters is 1. The highest BCUT2D eigenvalue weighted by molar-refractivity contribution is 6.67. The van der Waals surface area contributed by atoms with Crippen LogP contribution in [0.25, 0.3) is 0 Å². The second-order valence-electron chi connectivity index (χ2n) is 1.62. The van der Waals surface area contributed by atoms with Gasteiger partial charge >= 0.3 is 5.97 Å². The Morgan fingerprint density at radius 1 is 1.50 bits per heavy atom. The molecule has 0 N–H and O–H groups in total. The molecule has 0 aliphatic heterocycles. The molecule has 0 amide bonds. The van der Waals surface area contributed by atoms with Gasteiger partial charge in [0.05, 0.1) is 7.11 Å². The second kappa shape index (κ2) is 4.06. The maximum Gasteiger partial charge on any atom is 0.330 e. The first-order valence-corrected chi connectivity index (χ1v) is 2.91. The van der Waals surface area contributed by atoms with Crippen molar-refractivity contribution in [2.75, 3.05) is 7.11 Å². The molecule has 0 aliphatic carbocycles. The molecule has 0 unspecified atom stereocenters. The Morgan fingerprint density at radius 2 is 2.00 bits per heavy atom. The predicted molar refractivity (Wildman–Crippen MR) is 36.6 cm³/mol. The Balaban J connectivity index is 4.16. The fourth-order valence-electron chi connectivity index (χ4n) is 0.292. The summed E-state index contributed by atoms with van der Waals surface area (Å²) in [6.45, 7) is 1.44. The smallest absolute Gasteiger partial charge is 0.330 e. The minimum Gasteiger partial charge on any atom is -0.466 e. The van der Waals surface area contributed by atoms with E-state index in [1.165, 1.54) is 14.0 Å². The average Bonchev–Trinajstić information content (AvgIpc) is 1.87. The number of rotatable bonds is 2. The van der Waals surface area contributed by atoms with Gasteiger partial charge in [-0.3, -0.25) is 4.79 Å². The van der Waals surface area contributed by atoms with Crippen molar-refractivity contribution >= 4 is 22.8 Å². The third-order valence-electron chi connectivity index (χ3n) is 0.846. The minimum atomic E-state index is -0.648. The van der Waals surface area contributed by atoms with Crippen molar-refractivity contribution in [3.63, 3.8) is 0 Å². The number of hydrogen-bond acceptors (Lipinski definition) is 3. The van der Waals surface area contributed by atoms with E-state index in [2.05, 4.69) is 4.74 Å². The van der Waals surface area contributed by atoms with Gasteiger partial charge in [-0.15, -0.1) is 0 Å². The van der Waals surface area contributed by atoms with Crippen molar-refractivity contribution in [1.29, 1.82) is 0 Å². The first kappa shape index (κ1) is 9.17. The van der Waals surface area contributed by atoms with Crippen LogP contribution in [0.5, 0.6) is 0 Å². The van der Waals surface area contributed by atoms with E-state index >= 15 is 0 Å². The normalized spacial score (nSPS) is 10.9. The molecule has 0 aromatic heterocycles. The van der Waals surface area contributed by atoms with E-state index in [-0.39, 0.29) is 5.57 Å². The third kappa shape index (κ3) is 3.25. The summed E-state index contributed by atoms with van der Waals surface area (Å²) in [6, 6.07) is 0. The number of carbonyl (C=O) groups excluding carboxylic acids is 2. The molecule has 0 aromatic carbocycles. The van der Waals surface area contributed by atoms with Crippen LogP contribution in [0.2, 0.25) is 0 Å². The standard InChI is InChI=1S/C6H7ClO3/c1-4(6(7)9)3-5(8)10-2/h3H,1-2H3. The van der Waals surface area contributed by atoms with E-state index in [1.807, 2.05) is 0 Å². The van der Waals surface area contributed by atoms with Crippen molar-refractivity contribution in [3.05, 3.63) is 11.6 Å². The lowest BCUT2D eigenvalue weighted by atomic mass is 10.3. The van der Waals surface area contributed by atoms with E-state index in [9.17, 15) is 9.59 Å². The largest absolute Gasteiger partial charge is 0.466 e. The number of halogens is 1. The van der Waals surface area contributed by atoms with Crippen molar-refractivity contribution < 1.29 is 14.3 Å². The highest BCUT2D eigenvalue weighted by Crippen LogP contribution is 1.98. The minimum absolute atomic E-state index is 0.175. The molecule has 0 saturated carbocycles. The Kier molecular flexibility index (Phi) is 3.72. The van der Waals surface area contributed by atoms with Crippen LogP contribution in [-0.4, -0.2) is 18.3 Å². The van der Waals surface area contributed by atoms with E-state index in [1.54, 1.807) is 0 Å². The fourth-order valence-corrected chi connectivity index (χ4v) is 0.347. The third-order valence-corrected chi connectivity index (χ3v) is 1.14. The zero-order chi connectivity index (χ0) is 8.15. The topological polar surface area (TPSA) is 43.4 Å². The zero-order valence-corrected chi connectivity index (χ0v) is 6.44. The van der Waals surface area contributed by atoms with Crippen LogP contribution in [0, 0.1) is 0 Å². The number of hydrogen-bond donors (Lipinski definition) is 0. The number of allylic oxidation sites excluding steroid dienone is 1. The number of ether oxygens (including phenoxy) is 1. The quantitative estimate of drug-likeness (QED) is 0.344. The first-order chi connectivity index (χ1) is 4.57. The molecule has 0 spiro atoms.